The first-order valence-corrected chi connectivity index (χ1v) is 7.65. The van der Waals surface area contributed by atoms with Crippen LogP contribution < -0.4 is 10.6 Å². The van der Waals surface area contributed by atoms with E-state index in [0.717, 1.165) is 6.54 Å². The molecule has 1 heterocycles. The Hall–Kier alpha value is -1.21. The van der Waals surface area contributed by atoms with Gasteiger partial charge in [-0.05, 0) is 24.6 Å². The third kappa shape index (κ3) is 4.64. The Labute approximate surface area is 125 Å². The molecule has 3 nitrogen and oxygen atoms in total. The fraction of sp³-hybridized carbons (Fsp3) is 0.500. The molecule has 1 saturated heterocycles. The van der Waals surface area contributed by atoms with Crippen LogP contribution in [0.25, 0.3) is 0 Å². The molecule has 2 atom stereocenters. The van der Waals surface area contributed by atoms with Crippen molar-refractivity contribution in [1.29, 1.82) is 0 Å². The number of para-hydroxylation sites is 1. The van der Waals surface area contributed by atoms with Crippen LogP contribution in [0.2, 0.25) is 0 Å². The molecule has 1 aromatic carbocycles. The summed E-state index contributed by atoms with van der Waals surface area (Å²) in [5.74, 6) is -1.04. The number of amides is 1. The smallest absolute Gasteiger partial charge is 0.325 e. The number of carbonyl (C=O) groups is 1. The second kappa shape index (κ2) is 6.70. The fourth-order valence-corrected chi connectivity index (χ4v) is 3.01. The van der Waals surface area contributed by atoms with Gasteiger partial charge in [0.15, 0.2) is 0 Å². The van der Waals surface area contributed by atoms with E-state index < -0.39 is 11.9 Å². The van der Waals surface area contributed by atoms with Gasteiger partial charge in [0.25, 0.3) is 0 Å². The zero-order valence-electron chi connectivity index (χ0n) is 11.5. The van der Waals surface area contributed by atoms with Gasteiger partial charge < -0.3 is 10.6 Å². The van der Waals surface area contributed by atoms with Gasteiger partial charge in [-0.3, -0.25) is 4.79 Å². The summed E-state index contributed by atoms with van der Waals surface area (Å²) >= 11 is 0.684. The second-order valence-electron chi connectivity index (χ2n) is 5.13. The molecule has 2 rings (SSSR count). The average Bonchev–Trinajstić information content (AvgIpc) is 2.83. The number of carbonyl (C=O) groups excluding carboxylic acids is 1. The number of thioether (sulfide) groups is 1. The average molecular weight is 318 g/mol. The maximum absolute atomic E-state index is 12.3. The van der Waals surface area contributed by atoms with E-state index >= 15 is 0 Å². The molecule has 1 aliphatic heterocycles. The van der Waals surface area contributed by atoms with Crippen molar-refractivity contribution in [2.75, 3.05) is 24.2 Å². The summed E-state index contributed by atoms with van der Waals surface area (Å²) in [5, 5.41) is 5.89. The molecule has 1 fully saturated rings. The number of halogens is 3. The fourth-order valence-electron chi connectivity index (χ4n) is 2.24. The van der Waals surface area contributed by atoms with Crippen LogP contribution in [0.1, 0.15) is 6.92 Å². The highest BCUT2D eigenvalue weighted by molar-refractivity contribution is 7.99. The molecule has 2 N–H and O–H groups in total. The zero-order valence-corrected chi connectivity index (χ0v) is 12.4. The van der Waals surface area contributed by atoms with E-state index in [2.05, 4.69) is 10.6 Å². The summed E-state index contributed by atoms with van der Waals surface area (Å²) in [6, 6.07) is 6.57. The van der Waals surface area contributed by atoms with Gasteiger partial charge in [0, 0.05) is 11.4 Å². The Kier molecular flexibility index (Phi) is 5.16. The van der Waals surface area contributed by atoms with Gasteiger partial charge in [0.05, 0.1) is 17.4 Å². The summed E-state index contributed by atoms with van der Waals surface area (Å²) in [6.45, 7) is 3.36. The molecule has 0 radical (unpaired) electrons. The molecule has 0 unspecified atom stereocenters. The van der Waals surface area contributed by atoms with Gasteiger partial charge in [-0.25, -0.2) is 0 Å². The molecule has 1 aromatic rings. The quantitative estimate of drug-likeness (QED) is 0.838. The van der Waals surface area contributed by atoms with Crippen molar-refractivity contribution in [1.82, 2.24) is 5.32 Å². The Balaban J connectivity index is 2.04. The molecule has 0 saturated carbocycles. The maximum atomic E-state index is 12.3. The number of hydrogen-bond donors (Lipinski definition) is 2. The van der Waals surface area contributed by atoms with E-state index in [-0.39, 0.29) is 17.7 Å². The monoisotopic (exact) mass is 318 g/mol. The number of rotatable bonds is 4. The van der Waals surface area contributed by atoms with E-state index in [0.29, 0.717) is 28.9 Å². The van der Waals surface area contributed by atoms with Gasteiger partial charge in [0.2, 0.25) is 5.91 Å². The number of hydrogen-bond acceptors (Lipinski definition) is 3. The van der Waals surface area contributed by atoms with Crippen LogP contribution in [-0.2, 0) is 4.79 Å². The lowest BCUT2D eigenvalue weighted by Crippen LogP contribution is -2.28. The van der Waals surface area contributed by atoms with E-state index in [9.17, 15) is 18.0 Å². The van der Waals surface area contributed by atoms with E-state index in [1.54, 1.807) is 24.3 Å². The predicted octanol–water partition coefficient (Wildman–Crippen LogP) is 3.14. The molecule has 116 valence electrons. The van der Waals surface area contributed by atoms with Crippen LogP contribution in [0.3, 0.4) is 0 Å². The molecule has 0 aromatic heterocycles. The van der Waals surface area contributed by atoms with Crippen molar-refractivity contribution in [3.63, 3.8) is 0 Å². The summed E-state index contributed by atoms with van der Waals surface area (Å²) in [5.41, 5.74) is 0.441. The minimum absolute atomic E-state index is 0.146. The third-order valence-corrected chi connectivity index (χ3v) is 4.53. The van der Waals surface area contributed by atoms with Crippen LogP contribution in [0.15, 0.2) is 29.2 Å². The lowest BCUT2D eigenvalue weighted by atomic mass is 9.97. The summed E-state index contributed by atoms with van der Waals surface area (Å²) in [6.07, 6.45) is -4.23. The molecule has 1 aliphatic rings. The molecule has 1 amide bonds. The highest BCUT2D eigenvalue weighted by Gasteiger charge is 2.30. The van der Waals surface area contributed by atoms with E-state index in [1.165, 1.54) is 0 Å². The lowest BCUT2D eigenvalue weighted by molar-refractivity contribution is -0.120. The van der Waals surface area contributed by atoms with E-state index in [1.807, 2.05) is 6.92 Å². The molecular weight excluding hydrogens is 301 g/mol. The van der Waals surface area contributed by atoms with Crippen LogP contribution in [0, 0.1) is 11.8 Å². The zero-order chi connectivity index (χ0) is 15.5. The molecule has 21 heavy (non-hydrogen) atoms. The molecule has 0 spiro atoms. The standard InChI is InChI=1S/C14H17F3N2OS/c1-9-6-18-7-10(9)13(20)19-11-4-2-3-5-12(11)21-8-14(15,16)17/h2-5,9-10,18H,6-8H2,1H3,(H,19,20)/t9-,10-/m1/s1. The Morgan fingerprint density at radius 1 is 1.38 bits per heavy atom. The lowest BCUT2D eigenvalue weighted by Gasteiger charge is -2.16. The highest BCUT2D eigenvalue weighted by Crippen LogP contribution is 2.32. The number of anilines is 1. The molecule has 0 bridgehead atoms. The summed E-state index contributed by atoms with van der Waals surface area (Å²) in [7, 11) is 0. The largest absolute Gasteiger partial charge is 0.398 e. The van der Waals surface area contributed by atoms with E-state index in [4.69, 9.17) is 0 Å². The van der Waals surface area contributed by atoms with Crippen molar-refractivity contribution >= 4 is 23.4 Å². The number of benzene rings is 1. The Bertz CT molecular complexity index is 507. The minimum Gasteiger partial charge on any atom is -0.325 e. The topological polar surface area (TPSA) is 41.1 Å². The third-order valence-electron chi connectivity index (χ3n) is 3.39. The van der Waals surface area contributed by atoms with Crippen LogP contribution in [0.5, 0.6) is 0 Å². The van der Waals surface area contributed by atoms with Crippen LogP contribution in [0.4, 0.5) is 18.9 Å². The van der Waals surface area contributed by atoms with Crippen LogP contribution >= 0.6 is 11.8 Å². The Morgan fingerprint density at radius 2 is 2.10 bits per heavy atom. The molecule has 0 aliphatic carbocycles. The highest BCUT2D eigenvalue weighted by atomic mass is 32.2. The van der Waals surface area contributed by atoms with Gasteiger partial charge in [-0.1, -0.05) is 19.1 Å². The first kappa shape index (κ1) is 16.2. The van der Waals surface area contributed by atoms with Gasteiger partial charge in [-0.2, -0.15) is 13.2 Å². The van der Waals surface area contributed by atoms with Crippen molar-refractivity contribution in [2.45, 2.75) is 18.0 Å². The van der Waals surface area contributed by atoms with Gasteiger partial charge in [-0.15, -0.1) is 11.8 Å². The summed E-state index contributed by atoms with van der Waals surface area (Å²) < 4.78 is 36.9. The SMILES string of the molecule is C[C@@H]1CNC[C@H]1C(=O)Nc1ccccc1SCC(F)(F)F. The van der Waals surface area contributed by atoms with Gasteiger partial charge >= 0.3 is 6.18 Å². The summed E-state index contributed by atoms with van der Waals surface area (Å²) in [4.78, 5) is 12.6. The van der Waals surface area contributed by atoms with Gasteiger partial charge in [0.1, 0.15) is 0 Å². The second-order valence-corrected chi connectivity index (χ2v) is 6.15. The van der Waals surface area contributed by atoms with Crippen molar-refractivity contribution in [2.24, 2.45) is 11.8 Å². The van der Waals surface area contributed by atoms with Crippen molar-refractivity contribution in [3.8, 4) is 0 Å². The molecule has 7 heteroatoms. The normalized spacial score (nSPS) is 22.3. The number of alkyl halides is 3. The van der Waals surface area contributed by atoms with Crippen molar-refractivity contribution < 1.29 is 18.0 Å². The number of nitrogens with one attached hydrogen (secondary N) is 2. The maximum Gasteiger partial charge on any atom is 0.398 e. The molecular formula is C14H17F3N2OS. The predicted molar refractivity (Wildman–Crippen MR) is 77.4 cm³/mol. The Morgan fingerprint density at radius 3 is 2.71 bits per heavy atom. The van der Waals surface area contributed by atoms with Crippen LogP contribution in [-0.4, -0.2) is 30.9 Å². The first-order chi connectivity index (χ1) is 9.87. The minimum atomic E-state index is -4.23. The van der Waals surface area contributed by atoms with Crippen molar-refractivity contribution in [3.05, 3.63) is 24.3 Å². The first-order valence-electron chi connectivity index (χ1n) is 6.67.